The van der Waals surface area contributed by atoms with Crippen molar-refractivity contribution in [3.8, 4) is 11.3 Å². The van der Waals surface area contributed by atoms with Crippen LogP contribution in [0.3, 0.4) is 0 Å². The summed E-state index contributed by atoms with van der Waals surface area (Å²) >= 11 is 0. The van der Waals surface area contributed by atoms with E-state index in [1.807, 2.05) is 0 Å². The maximum atomic E-state index is 12.8. The fraction of sp³-hybridized carbons (Fsp3) is 0. The van der Waals surface area contributed by atoms with Crippen molar-refractivity contribution in [2.24, 2.45) is 0 Å². The quantitative estimate of drug-likeness (QED) is 0.506. The summed E-state index contributed by atoms with van der Waals surface area (Å²) in [4.78, 5) is 52.8. The molecule has 0 saturated carbocycles. The van der Waals surface area contributed by atoms with Crippen LogP contribution in [0.25, 0.3) is 17.4 Å². The van der Waals surface area contributed by atoms with Gasteiger partial charge in [-0.1, -0.05) is 12.1 Å². The Morgan fingerprint density at radius 3 is 2.50 bits per heavy atom. The lowest BCUT2D eigenvalue weighted by Gasteiger charge is -2.25. The minimum absolute atomic E-state index is 0.136. The molecule has 9 nitrogen and oxygen atoms in total. The van der Waals surface area contributed by atoms with Crippen LogP contribution in [0.4, 0.5) is 10.5 Å². The van der Waals surface area contributed by atoms with Gasteiger partial charge >= 0.3 is 12.0 Å². The molecular weight excluding hydrogens is 390 g/mol. The molecule has 0 aliphatic carbocycles. The van der Waals surface area contributed by atoms with Gasteiger partial charge in [0, 0.05) is 11.8 Å². The Bertz CT molecular complexity index is 1190. The lowest BCUT2D eigenvalue weighted by molar-refractivity contribution is -0.122. The number of imide groups is 2. The summed E-state index contributed by atoms with van der Waals surface area (Å²) in [5.41, 5.74) is 0.700. The molecule has 0 bridgehead atoms. The SMILES string of the molecule is O=C1NC(=O)N(c2cccnc2)C(=O)/C1=C/c1ccc(-c2ccc(C(=O)O)cc2)o1. The molecule has 0 unspecified atom stereocenters. The number of carbonyl (C=O) groups excluding carboxylic acids is 3. The van der Waals surface area contributed by atoms with Gasteiger partial charge in [-0.3, -0.25) is 19.9 Å². The van der Waals surface area contributed by atoms with Crippen LogP contribution < -0.4 is 10.2 Å². The van der Waals surface area contributed by atoms with E-state index in [1.165, 1.54) is 36.7 Å². The molecular formula is C21H13N3O6. The van der Waals surface area contributed by atoms with Crippen LogP contribution in [0.2, 0.25) is 0 Å². The van der Waals surface area contributed by atoms with E-state index in [9.17, 15) is 19.2 Å². The Kier molecular flexibility index (Phi) is 4.69. The summed E-state index contributed by atoms with van der Waals surface area (Å²) < 4.78 is 5.67. The summed E-state index contributed by atoms with van der Waals surface area (Å²) in [6, 6.07) is 11.4. The predicted molar refractivity (Wildman–Crippen MR) is 104 cm³/mol. The van der Waals surface area contributed by atoms with Crippen LogP contribution in [-0.2, 0) is 9.59 Å². The maximum Gasteiger partial charge on any atom is 0.336 e. The highest BCUT2D eigenvalue weighted by Crippen LogP contribution is 2.26. The third-order valence-electron chi connectivity index (χ3n) is 4.34. The van der Waals surface area contributed by atoms with Crippen LogP contribution in [0.5, 0.6) is 0 Å². The molecule has 2 N–H and O–H groups in total. The van der Waals surface area contributed by atoms with Crippen molar-refractivity contribution in [1.82, 2.24) is 10.3 Å². The fourth-order valence-electron chi connectivity index (χ4n) is 2.88. The fourth-order valence-corrected chi connectivity index (χ4v) is 2.88. The molecule has 3 heterocycles. The van der Waals surface area contributed by atoms with Gasteiger partial charge in [-0.15, -0.1) is 0 Å². The highest BCUT2D eigenvalue weighted by atomic mass is 16.4. The van der Waals surface area contributed by atoms with E-state index in [0.717, 1.165) is 4.90 Å². The molecule has 0 spiro atoms. The molecule has 1 saturated heterocycles. The first-order valence-corrected chi connectivity index (χ1v) is 8.69. The summed E-state index contributed by atoms with van der Waals surface area (Å²) in [5.74, 6) is -2.05. The Hall–Kier alpha value is -4.53. The number of carboxylic acids is 1. The van der Waals surface area contributed by atoms with Gasteiger partial charge < -0.3 is 9.52 Å². The van der Waals surface area contributed by atoms with E-state index >= 15 is 0 Å². The topological polar surface area (TPSA) is 130 Å². The number of aromatic nitrogens is 1. The van der Waals surface area contributed by atoms with Crippen LogP contribution in [0, 0.1) is 0 Å². The number of anilines is 1. The standard InChI is InChI=1S/C21H13N3O6/c25-18-16(19(26)24(21(29)23-18)14-2-1-9-22-11-14)10-15-7-8-17(30-15)12-3-5-13(6-4-12)20(27)28/h1-11H,(H,27,28)(H,23,25,29)/b16-10+. The molecule has 1 aliphatic heterocycles. The molecule has 4 amide bonds. The first kappa shape index (κ1) is 18.8. The normalized spacial score (nSPS) is 15.4. The molecule has 30 heavy (non-hydrogen) atoms. The monoisotopic (exact) mass is 403 g/mol. The first-order chi connectivity index (χ1) is 14.4. The second-order valence-corrected chi connectivity index (χ2v) is 6.25. The zero-order chi connectivity index (χ0) is 21.3. The summed E-state index contributed by atoms with van der Waals surface area (Å²) in [6.45, 7) is 0. The van der Waals surface area contributed by atoms with Crippen LogP contribution in [0.1, 0.15) is 16.1 Å². The number of benzene rings is 1. The second kappa shape index (κ2) is 7.47. The zero-order valence-corrected chi connectivity index (χ0v) is 15.2. The number of hydrogen-bond donors (Lipinski definition) is 2. The van der Waals surface area contributed by atoms with E-state index in [0.29, 0.717) is 11.3 Å². The number of carboxylic acid groups (broad SMARTS) is 1. The molecule has 2 aromatic heterocycles. The number of furan rings is 1. The Labute approximate surface area is 169 Å². The molecule has 9 heteroatoms. The Balaban J connectivity index is 1.64. The molecule has 1 aliphatic rings. The van der Waals surface area contributed by atoms with Gasteiger partial charge in [0.1, 0.15) is 17.1 Å². The largest absolute Gasteiger partial charge is 0.478 e. The predicted octanol–water partition coefficient (Wildman–Crippen LogP) is 2.71. The number of urea groups is 1. The molecule has 1 fully saturated rings. The van der Waals surface area contributed by atoms with E-state index in [-0.39, 0.29) is 22.6 Å². The minimum atomic E-state index is -1.04. The van der Waals surface area contributed by atoms with E-state index in [2.05, 4.69) is 10.3 Å². The number of nitrogens with one attached hydrogen (secondary N) is 1. The van der Waals surface area contributed by atoms with Crippen molar-refractivity contribution in [2.45, 2.75) is 0 Å². The van der Waals surface area contributed by atoms with Crippen molar-refractivity contribution in [2.75, 3.05) is 4.90 Å². The van der Waals surface area contributed by atoms with Gasteiger partial charge in [0.15, 0.2) is 0 Å². The third-order valence-corrected chi connectivity index (χ3v) is 4.34. The van der Waals surface area contributed by atoms with E-state index in [1.54, 1.807) is 30.3 Å². The van der Waals surface area contributed by atoms with Crippen LogP contribution in [0.15, 0.2) is 70.9 Å². The number of amides is 4. The second-order valence-electron chi connectivity index (χ2n) is 6.25. The van der Waals surface area contributed by atoms with Gasteiger partial charge in [-0.25, -0.2) is 14.5 Å². The van der Waals surface area contributed by atoms with Crippen molar-refractivity contribution >= 4 is 35.6 Å². The average Bonchev–Trinajstić information content (AvgIpc) is 3.20. The number of nitrogens with zero attached hydrogens (tertiary/aromatic N) is 2. The lowest BCUT2D eigenvalue weighted by atomic mass is 10.1. The lowest BCUT2D eigenvalue weighted by Crippen LogP contribution is -2.54. The third kappa shape index (κ3) is 3.47. The van der Waals surface area contributed by atoms with Crippen LogP contribution >= 0.6 is 0 Å². The number of hydrogen-bond acceptors (Lipinski definition) is 6. The van der Waals surface area contributed by atoms with Gasteiger partial charge in [0.2, 0.25) is 0 Å². The molecule has 0 atom stereocenters. The molecule has 0 radical (unpaired) electrons. The van der Waals surface area contributed by atoms with Crippen molar-refractivity contribution < 1.29 is 28.7 Å². The molecule has 4 rings (SSSR count). The van der Waals surface area contributed by atoms with Gasteiger partial charge in [0.05, 0.1) is 17.4 Å². The van der Waals surface area contributed by atoms with E-state index in [4.69, 9.17) is 9.52 Å². The van der Waals surface area contributed by atoms with Crippen molar-refractivity contribution in [3.05, 3.63) is 77.8 Å². The summed E-state index contributed by atoms with van der Waals surface area (Å²) in [7, 11) is 0. The average molecular weight is 403 g/mol. The minimum Gasteiger partial charge on any atom is -0.478 e. The molecule has 1 aromatic carbocycles. The number of rotatable bonds is 4. The summed E-state index contributed by atoms with van der Waals surface area (Å²) in [5, 5.41) is 11.1. The number of carbonyl (C=O) groups is 4. The number of barbiturate groups is 1. The number of pyridine rings is 1. The Morgan fingerprint density at radius 2 is 1.83 bits per heavy atom. The van der Waals surface area contributed by atoms with Crippen molar-refractivity contribution in [1.29, 1.82) is 0 Å². The Morgan fingerprint density at radius 1 is 1.07 bits per heavy atom. The molecule has 3 aromatic rings. The van der Waals surface area contributed by atoms with Crippen molar-refractivity contribution in [3.63, 3.8) is 0 Å². The van der Waals surface area contributed by atoms with Gasteiger partial charge in [0.25, 0.3) is 11.8 Å². The van der Waals surface area contributed by atoms with E-state index < -0.39 is 23.8 Å². The van der Waals surface area contributed by atoms with Gasteiger partial charge in [-0.05, 0) is 42.5 Å². The highest BCUT2D eigenvalue weighted by Gasteiger charge is 2.37. The maximum absolute atomic E-state index is 12.8. The zero-order valence-electron chi connectivity index (χ0n) is 15.2. The molecule has 148 valence electrons. The van der Waals surface area contributed by atoms with Crippen LogP contribution in [-0.4, -0.2) is 33.9 Å². The summed E-state index contributed by atoms with van der Waals surface area (Å²) in [6.07, 6.45) is 4.06. The highest BCUT2D eigenvalue weighted by molar-refractivity contribution is 6.39. The number of aromatic carboxylic acids is 1. The first-order valence-electron chi connectivity index (χ1n) is 8.69. The van der Waals surface area contributed by atoms with Gasteiger partial charge in [-0.2, -0.15) is 0 Å². The smallest absolute Gasteiger partial charge is 0.336 e.